The third kappa shape index (κ3) is 5.39. The van der Waals surface area contributed by atoms with E-state index in [1.165, 1.54) is 11.1 Å². The van der Waals surface area contributed by atoms with Gasteiger partial charge in [0.15, 0.2) is 5.82 Å². The summed E-state index contributed by atoms with van der Waals surface area (Å²) in [6.45, 7) is 7.14. The SMILES string of the molecule is COc1ccc(C(C)C)cc1-c1c(C)sc2c(NCC(N)Cc3ccccc3)nc(-c3ccncc3)nc12. The first-order chi connectivity index (χ1) is 18.4. The molecule has 0 amide bonds. The Balaban J connectivity index is 1.61. The van der Waals surface area contributed by atoms with E-state index in [1.54, 1.807) is 30.8 Å². The van der Waals surface area contributed by atoms with Crippen LogP contribution in [-0.2, 0) is 6.42 Å². The van der Waals surface area contributed by atoms with E-state index >= 15 is 0 Å². The zero-order valence-electron chi connectivity index (χ0n) is 22.2. The molecule has 6 nitrogen and oxygen atoms in total. The second kappa shape index (κ2) is 11.3. The molecule has 0 saturated heterocycles. The predicted octanol–water partition coefficient (Wildman–Crippen LogP) is 6.84. The molecule has 0 radical (unpaired) electrons. The van der Waals surface area contributed by atoms with E-state index in [1.807, 2.05) is 30.3 Å². The third-order valence-corrected chi connectivity index (χ3v) is 7.78. The first-order valence-electron chi connectivity index (χ1n) is 12.9. The van der Waals surface area contributed by atoms with Gasteiger partial charge in [0.25, 0.3) is 0 Å². The molecule has 0 aliphatic rings. The number of thiophene rings is 1. The summed E-state index contributed by atoms with van der Waals surface area (Å²) in [4.78, 5) is 15.4. The van der Waals surface area contributed by atoms with Gasteiger partial charge in [0.1, 0.15) is 11.6 Å². The molecule has 0 spiro atoms. The van der Waals surface area contributed by atoms with Gasteiger partial charge in [-0.3, -0.25) is 4.98 Å². The molecule has 2 aromatic carbocycles. The van der Waals surface area contributed by atoms with Gasteiger partial charge in [0, 0.05) is 46.5 Å². The number of rotatable bonds is 9. The molecule has 38 heavy (non-hydrogen) atoms. The number of methoxy groups -OCH3 is 1. The minimum absolute atomic E-state index is 0.0601. The Morgan fingerprint density at radius 2 is 1.76 bits per heavy atom. The van der Waals surface area contributed by atoms with Crippen LogP contribution >= 0.6 is 11.3 Å². The normalized spacial score (nSPS) is 12.2. The standard InChI is InChI=1S/C31H33N5OS/c1-19(2)23-10-11-26(37-4)25(17-23)27-20(3)38-29-28(27)35-30(22-12-14-33-15-13-22)36-31(29)34-18-24(32)16-21-8-6-5-7-9-21/h5-15,17,19,24H,16,18,32H2,1-4H3,(H,34,35,36). The predicted molar refractivity (Wildman–Crippen MR) is 158 cm³/mol. The quantitative estimate of drug-likeness (QED) is 0.220. The molecule has 5 aromatic rings. The maximum atomic E-state index is 6.53. The number of aromatic nitrogens is 3. The van der Waals surface area contributed by atoms with Crippen LogP contribution in [0.2, 0.25) is 0 Å². The van der Waals surface area contributed by atoms with Gasteiger partial charge in [-0.05, 0) is 54.7 Å². The molecule has 0 bridgehead atoms. The summed E-state index contributed by atoms with van der Waals surface area (Å²) >= 11 is 1.70. The molecule has 0 saturated carbocycles. The highest BCUT2D eigenvalue weighted by atomic mass is 32.1. The summed E-state index contributed by atoms with van der Waals surface area (Å²) in [5, 5.41) is 3.56. The lowest BCUT2D eigenvalue weighted by Crippen LogP contribution is -2.31. The summed E-state index contributed by atoms with van der Waals surface area (Å²) in [5.74, 6) is 2.68. The molecule has 0 fully saturated rings. The van der Waals surface area contributed by atoms with Crippen molar-refractivity contribution < 1.29 is 4.74 Å². The van der Waals surface area contributed by atoms with Crippen LogP contribution in [0, 0.1) is 6.92 Å². The number of anilines is 1. The molecule has 1 unspecified atom stereocenters. The fourth-order valence-electron chi connectivity index (χ4n) is 4.65. The van der Waals surface area contributed by atoms with Crippen molar-refractivity contribution in [2.24, 2.45) is 5.73 Å². The van der Waals surface area contributed by atoms with Crippen molar-refractivity contribution in [2.75, 3.05) is 19.0 Å². The Kier molecular flexibility index (Phi) is 7.67. The minimum atomic E-state index is -0.0601. The van der Waals surface area contributed by atoms with Gasteiger partial charge in [-0.15, -0.1) is 11.3 Å². The highest BCUT2D eigenvalue weighted by molar-refractivity contribution is 7.20. The molecule has 0 aliphatic heterocycles. The number of hydrogen-bond donors (Lipinski definition) is 2. The van der Waals surface area contributed by atoms with Gasteiger partial charge in [-0.25, -0.2) is 9.97 Å². The van der Waals surface area contributed by atoms with E-state index in [4.69, 9.17) is 20.4 Å². The largest absolute Gasteiger partial charge is 0.496 e. The molecule has 194 valence electrons. The number of pyridine rings is 1. The number of benzene rings is 2. The first-order valence-corrected chi connectivity index (χ1v) is 13.7. The van der Waals surface area contributed by atoms with Crippen LogP contribution in [0.15, 0.2) is 73.1 Å². The van der Waals surface area contributed by atoms with E-state index in [2.05, 4.69) is 61.4 Å². The Hall–Kier alpha value is -3.81. The van der Waals surface area contributed by atoms with E-state index in [0.717, 1.165) is 49.8 Å². The van der Waals surface area contributed by atoms with Crippen LogP contribution < -0.4 is 15.8 Å². The molecular weight excluding hydrogens is 490 g/mol. The van der Waals surface area contributed by atoms with Crippen LogP contribution in [0.25, 0.3) is 32.7 Å². The molecule has 3 N–H and O–H groups in total. The Morgan fingerprint density at radius 3 is 2.47 bits per heavy atom. The molecular formula is C31H33N5OS. The summed E-state index contributed by atoms with van der Waals surface area (Å²) in [6.07, 6.45) is 4.31. The lowest BCUT2D eigenvalue weighted by molar-refractivity contribution is 0.416. The van der Waals surface area contributed by atoms with Gasteiger partial charge < -0.3 is 15.8 Å². The number of ether oxygens (including phenoxy) is 1. The number of nitrogens with zero attached hydrogens (tertiary/aromatic N) is 3. The zero-order chi connectivity index (χ0) is 26.6. The van der Waals surface area contributed by atoms with E-state index < -0.39 is 0 Å². The summed E-state index contributed by atoms with van der Waals surface area (Å²) in [5.41, 5.74) is 13.0. The summed E-state index contributed by atoms with van der Waals surface area (Å²) in [7, 11) is 1.72. The lowest BCUT2D eigenvalue weighted by Gasteiger charge is -2.15. The lowest BCUT2D eigenvalue weighted by atomic mass is 9.96. The third-order valence-electron chi connectivity index (χ3n) is 6.68. The number of aryl methyl sites for hydroxylation is 1. The van der Waals surface area contributed by atoms with E-state index in [-0.39, 0.29) is 6.04 Å². The van der Waals surface area contributed by atoms with Crippen LogP contribution in [0.5, 0.6) is 5.75 Å². The van der Waals surface area contributed by atoms with Crippen LogP contribution in [0.1, 0.15) is 35.8 Å². The van der Waals surface area contributed by atoms with Crippen LogP contribution in [0.4, 0.5) is 5.82 Å². The van der Waals surface area contributed by atoms with Crippen molar-refractivity contribution in [3.8, 4) is 28.3 Å². The number of fused-ring (bicyclic) bond motifs is 1. The van der Waals surface area contributed by atoms with Crippen molar-refractivity contribution in [3.05, 3.63) is 89.1 Å². The second-order valence-electron chi connectivity index (χ2n) is 9.79. The highest BCUT2D eigenvalue weighted by Crippen LogP contribution is 2.44. The molecule has 7 heteroatoms. The number of nitrogens with one attached hydrogen (secondary N) is 1. The molecule has 0 aliphatic carbocycles. The number of hydrogen-bond acceptors (Lipinski definition) is 7. The maximum Gasteiger partial charge on any atom is 0.162 e. The van der Waals surface area contributed by atoms with Crippen LogP contribution in [-0.4, -0.2) is 34.6 Å². The smallest absolute Gasteiger partial charge is 0.162 e. The van der Waals surface area contributed by atoms with Gasteiger partial charge in [0.05, 0.1) is 17.3 Å². The fraction of sp³-hybridized carbons (Fsp3) is 0.258. The van der Waals surface area contributed by atoms with Gasteiger partial charge >= 0.3 is 0 Å². The van der Waals surface area contributed by atoms with Gasteiger partial charge in [0.2, 0.25) is 0 Å². The van der Waals surface area contributed by atoms with E-state index in [0.29, 0.717) is 18.3 Å². The maximum absolute atomic E-state index is 6.53. The molecule has 3 heterocycles. The van der Waals surface area contributed by atoms with Gasteiger partial charge in [-0.2, -0.15) is 0 Å². The minimum Gasteiger partial charge on any atom is -0.496 e. The molecule has 5 rings (SSSR count). The monoisotopic (exact) mass is 523 g/mol. The molecule has 3 aromatic heterocycles. The van der Waals surface area contributed by atoms with Crippen molar-refractivity contribution in [1.82, 2.24) is 15.0 Å². The summed E-state index contributed by atoms with van der Waals surface area (Å²) < 4.78 is 6.82. The second-order valence-corrected chi connectivity index (χ2v) is 11.0. The Morgan fingerprint density at radius 1 is 1.00 bits per heavy atom. The highest BCUT2D eigenvalue weighted by Gasteiger charge is 2.22. The zero-order valence-corrected chi connectivity index (χ0v) is 23.0. The van der Waals surface area contributed by atoms with Crippen molar-refractivity contribution in [2.45, 2.75) is 39.2 Å². The average Bonchev–Trinajstić information content (AvgIpc) is 3.27. The van der Waals surface area contributed by atoms with Crippen molar-refractivity contribution >= 4 is 27.4 Å². The molecule has 1 atom stereocenters. The van der Waals surface area contributed by atoms with E-state index in [9.17, 15) is 0 Å². The summed E-state index contributed by atoms with van der Waals surface area (Å²) in [6, 6.07) is 20.6. The Bertz CT molecular complexity index is 1530. The van der Waals surface area contributed by atoms with Gasteiger partial charge in [-0.1, -0.05) is 50.2 Å². The topological polar surface area (TPSA) is 86.0 Å². The van der Waals surface area contributed by atoms with Crippen molar-refractivity contribution in [1.29, 1.82) is 0 Å². The Labute approximate surface area is 228 Å². The average molecular weight is 524 g/mol. The van der Waals surface area contributed by atoms with Crippen molar-refractivity contribution in [3.63, 3.8) is 0 Å². The first kappa shape index (κ1) is 25.8. The van der Waals surface area contributed by atoms with Crippen LogP contribution in [0.3, 0.4) is 0 Å². The number of nitrogens with two attached hydrogens (primary N) is 1. The fourth-order valence-corrected chi connectivity index (χ4v) is 5.73.